The molecule has 2 aromatic heterocycles. The Kier molecular flexibility index (Phi) is 3.79. The van der Waals surface area contributed by atoms with Crippen molar-refractivity contribution in [1.29, 1.82) is 0 Å². The summed E-state index contributed by atoms with van der Waals surface area (Å²) in [7, 11) is 0. The Morgan fingerprint density at radius 2 is 2.09 bits per heavy atom. The maximum atomic E-state index is 13.1. The minimum atomic E-state index is -0.219. The smallest absolute Gasteiger partial charge is 0.160 e. The summed E-state index contributed by atoms with van der Waals surface area (Å²) in [6.45, 7) is 1.60. The molecule has 4 nitrogen and oxygen atoms in total. The fourth-order valence-electron chi connectivity index (χ4n) is 3.11. The standard InChI is InChI=1S/C18H18FN3O/c19-14-7-5-13(6-8-14)11-17-21-16-4-1-9-20-18(16)22(17)12-15-3-2-10-23-15/h1,4-9,15H,2-3,10-12H2. The summed E-state index contributed by atoms with van der Waals surface area (Å²) in [5.74, 6) is 0.726. The van der Waals surface area contributed by atoms with Crippen LogP contribution in [-0.2, 0) is 17.7 Å². The van der Waals surface area contributed by atoms with Gasteiger partial charge < -0.3 is 9.30 Å². The molecule has 118 valence electrons. The van der Waals surface area contributed by atoms with Gasteiger partial charge in [0.15, 0.2) is 5.65 Å². The van der Waals surface area contributed by atoms with Crippen molar-refractivity contribution in [2.24, 2.45) is 0 Å². The summed E-state index contributed by atoms with van der Waals surface area (Å²) >= 11 is 0. The van der Waals surface area contributed by atoms with E-state index >= 15 is 0 Å². The van der Waals surface area contributed by atoms with Crippen LogP contribution in [0.4, 0.5) is 4.39 Å². The summed E-state index contributed by atoms with van der Waals surface area (Å²) in [6, 6.07) is 10.5. The highest BCUT2D eigenvalue weighted by molar-refractivity contribution is 5.71. The van der Waals surface area contributed by atoms with E-state index in [2.05, 4.69) is 9.55 Å². The van der Waals surface area contributed by atoms with Crippen LogP contribution >= 0.6 is 0 Å². The number of nitrogens with zero attached hydrogens (tertiary/aromatic N) is 3. The Balaban J connectivity index is 1.70. The van der Waals surface area contributed by atoms with Crippen LogP contribution in [0, 0.1) is 5.82 Å². The van der Waals surface area contributed by atoms with Crippen molar-refractivity contribution in [2.75, 3.05) is 6.61 Å². The second-order valence-electron chi connectivity index (χ2n) is 5.92. The number of pyridine rings is 1. The van der Waals surface area contributed by atoms with Crippen molar-refractivity contribution >= 4 is 11.2 Å². The number of hydrogen-bond acceptors (Lipinski definition) is 3. The Labute approximate surface area is 133 Å². The van der Waals surface area contributed by atoms with Gasteiger partial charge in [0.2, 0.25) is 0 Å². The molecule has 3 aromatic rings. The quantitative estimate of drug-likeness (QED) is 0.742. The van der Waals surface area contributed by atoms with E-state index in [9.17, 15) is 4.39 Å². The average molecular weight is 311 g/mol. The molecule has 1 aliphatic heterocycles. The van der Waals surface area contributed by atoms with Crippen LogP contribution < -0.4 is 0 Å². The molecule has 0 bridgehead atoms. The lowest BCUT2D eigenvalue weighted by molar-refractivity contribution is 0.0971. The molecule has 5 heteroatoms. The molecular weight excluding hydrogens is 293 g/mol. The third kappa shape index (κ3) is 2.97. The lowest BCUT2D eigenvalue weighted by Gasteiger charge is -2.13. The van der Waals surface area contributed by atoms with Crippen molar-refractivity contribution in [2.45, 2.75) is 31.9 Å². The lowest BCUT2D eigenvalue weighted by Crippen LogP contribution is -2.17. The van der Waals surface area contributed by atoms with E-state index in [0.29, 0.717) is 6.42 Å². The van der Waals surface area contributed by atoms with Crippen LogP contribution in [-0.4, -0.2) is 27.2 Å². The van der Waals surface area contributed by atoms with Crippen LogP contribution in [0.5, 0.6) is 0 Å². The fourth-order valence-corrected chi connectivity index (χ4v) is 3.11. The Morgan fingerprint density at radius 3 is 2.87 bits per heavy atom. The van der Waals surface area contributed by atoms with Crippen molar-refractivity contribution in [3.8, 4) is 0 Å². The molecule has 1 unspecified atom stereocenters. The molecular formula is C18H18FN3O. The number of imidazole rings is 1. The minimum Gasteiger partial charge on any atom is -0.376 e. The summed E-state index contributed by atoms with van der Waals surface area (Å²) < 4.78 is 21.0. The van der Waals surface area contributed by atoms with Gasteiger partial charge in [0, 0.05) is 19.2 Å². The van der Waals surface area contributed by atoms with E-state index in [4.69, 9.17) is 9.72 Å². The first-order valence-electron chi connectivity index (χ1n) is 7.96. The molecule has 1 aromatic carbocycles. The monoisotopic (exact) mass is 311 g/mol. The molecule has 0 amide bonds. The highest BCUT2D eigenvalue weighted by Crippen LogP contribution is 2.21. The van der Waals surface area contributed by atoms with Crippen LogP contribution in [0.3, 0.4) is 0 Å². The number of ether oxygens (including phenoxy) is 1. The Morgan fingerprint density at radius 1 is 1.22 bits per heavy atom. The second-order valence-corrected chi connectivity index (χ2v) is 5.92. The number of aromatic nitrogens is 3. The first-order chi connectivity index (χ1) is 11.3. The number of fused-ring (bicyclic) bond motifs is 1. The first-order valence-corrected chi connectivity index (χ1v) is 7.96. The van der Waals surface area contributed by atoms with Crippen molar-refractivity contribution in [3.05, 3.63) is 59.8 Å². The molecule has 1 atom stereocenters. The molecule has 23 heavy (non-hydrogen) atoms. The summed E-state index contributed by atoms with van der Waals surface area (Å²) in [5.41, 5.74) is 2.82. The van der Waals surface area contributed by atoms with Gasteiger partial charge in [0.05, 0.1) is 12.6 Å². The summed E-state index contributed by atoms with van der Waals surface area (Å²) in [6.07, 6.45) is 4.85. The van der Waals surface area contributed by atoms with Gasteiger partial charge in [-0.05, 0) is 42.7 Å². The van der Waals surface area contributed by atoms with E-state index in [1.165, 1.54) is 12.1 Å². The predicted octanol–water partition coefficient (Wildman–Crippen LogP) is 3.34. The minimum absolute atomic E-state index is 0.219. The maximum Gasteiger partial charge on any atom is 0.160 e. The number of benzene rings is 1. The molecule has 1 fully saturated rings. The van der Waals surface area contributed by atoms with Gasteiger partial charge in [0.25, 0.3) is 0 Å². The third-order valence-electron chi connectivity index (χ3n) is 4.27. The second kappa shape index (κ2) is 6.08. The molecule has 4 rings (SSSR count). The van der Waals surface area contributed by atoms with Crippen LogP contribution in [0.25, 0.3) is 11.2 Å². The normalized spacial score (nSPS) is 17.9. The molecule has 0 N–H and O–H groups in total. The summed E-state index contributed by atoms with van der Waals surface area (Å²) in [5, 5.41) is 0. The molecule has 0 spiro atoms. The van der Waals surface area contributed by atoms with E-state index in [1.807, 2.05) is 12.1 Å². The van der Waals surface area contributed by atoms with Gasteiger partial charge in [-0.25, -0.2) is 14.4 Å². The third-order valence-corrected chi connectivity index (χ3v) is 4.27. The SMILES string of the molecule is Fc1ccc(Cc2nc3cccnc3n2CC2CCCO2)cc1. The first kappa shape index (κ1) is 14.3. The Bertz CT molecular complexity index is 807. The maximum absolute atomic E-state index is 13.1. The number of rotatable bonds is 4. The van der Waals surface area contributed by atoms with Crippen molar-refractivity contribution in [3.63, 3.8) is 0 Å². The van der Waals surface area contributed by atoms with Crippen LogP contribution in [0.1, 0.15) is 24.2 Å². The summed E-state index contributed by atoms with van der Waals surface area (Å²) in [4.78, 5) is 9.21. The van der Waals surface area contributed by atoms with Gasteiger partial charge in [-0.2, -0.15) is 0 Å². The zero-order valence-electron chi connectivity index (χ0n) is 12.8. The number of halogens is 1. The van der Waals surface area contributed by atoms with Crippen LogP contribution in [0.2, 0.25) is 0 Å². The highest BCUT2D eigenvalue weighted by atomic mass is 19.1. The van der Waals surface area contributed by atoms with E-state index in [1.54, 1.807) is 18.3 Å². The van der Waals surface area contributed by atoms with E-state index in [-0.39, 0.29) is 11.9 Å². The largest absolute Gasteiger partial charge is 0.376 e. The van der Waals surface area contributed by atoms with E-state index in [0.717, 1.165) is 48.5 Å². The molecule has 1 aliphatic rings. The molecule has 1 saturated heterocycles. The fraction of sp³-hybridized carbons (Fsp3) is 0.333. The zero-order valence-corrected chi connectivity index (χ0v) is 12.8. The van der Waals surface area contributed by atoms with Crippen molar-refractivity contribution < 1.29 is 9.13 Å². The molecule has 3 heterocycles. The molecule has 0 saturated carbocycles. The van der Waals surface area contributed by atoms with Gasteiger partial charge in [-0.15, -0.1) is 0 Å². The van der Waals surface area contributed by atoms with Crippen molar-refractivity contribution in [1.82, 2.24) is 14.5 Å². The molecule has 0 radical (unpaired) electrons. The van der Waals surface area contributed by atoms with Crippen LogP contribution in [0.15, 0.2) is 42.6 Å². The topological polar surface area (TPSA) is 39.9 Å². The Hall–Kier alpha value is -2.27. The van der Waals surface area contributed by atoms with Gasteiger partial charge in [-0.1, -0.05) is 12.1 Å². The van der Waals surface area contributed by atoms with E-state index < -0.39 is 0 Å². The molecule has 0 aliphatic carbocycles. The van der Waals surface area contributed by atoms with Gasteiger partial charge >= 0.3 is 0 Å². The highest BCUT2D eigenvalue weighted by Gasteiger charge is 2.20. The lowest BCUT2D eigenvalue weighted by atomic mass is 10.1. The zero-order chi connectivity index (χ0) is 15.6. The van der Waals surface area contributed by atoms with Gasteiger partial charge in [0.1, 0.15) is 17.2 Å². The average Bonchev–Trinajstić information content (AvgIpc) is 3.19. The predicted molar refractivity (Wildman–Crippen MR) is 85.7 cm³/mol. The number of hydrogen-bond donors (Lipinski definition) is 0. The van der Waals surface area contributed by atoms with Gasteiger partial charge in [-0.3, -0.25) is 0 Å².